The lowest BCUT2D eigenvalue weighted by atomic mass is 10.1. The van der Waals surface area contributed by atoms with Gasteiger partial charge in [0.2, 0.25) is 5.43 Å². The summed E-state index contributed by atoms with van der Waals surface area (Å²) in [7, 11) is 0. The summed E-state index contributed by atoms with van der Waals surface area (Å²) in [4.78, 5) is 29.0. The lowest BCUT2D eigenvalue weighted by Crippen LogP contribution is -2.25. The van der Waals surface area contributed by atoms with E-state index in [0.717, 1.165) is 5.56 Å². The minimum Gasteiger partial charge on any atom is -0.460 e. The molecule has 0 unspecified atom stereocenters. The highest BCUT2D eigenvalue weighted by atomic mass is 19.1. The van der Waals surface area contributed by atoms with Crippen molar-refractivity contribution in [1.82, 2.24) is 4.98 Å². The Hall–Kier alpha value is -3.41. The van der Waals surface area contributed by atoms with Gasteiger partial charge in [-0.25, -0.2) is 4.39 Å². The molecule has 6 heteroatoms. The van der Waals surface area contributed by atoms with E-state index in [4.69, 9.17) is 9.15 Å². The second kappa shape index (κ2) is 7.13. The molecule has 2 heterocycles. The summed E-state index contributed by atoms with van der Waals surface area (Å²) < 4.78 is 24.9. The average molecular weight is 407 g/mol. The Labute approximate surface area is 172 Å². The van der Waals surface area contributed by atoms with Crippen LogP contribution in [0, 0.1) is 12.7 Å². The first-order chi connectivity index (χ1) is 14.1. The highest BCUT2D eigenvalue weighted by Crippen LogP contribution is 2.32. The molecule has 0 aliphatic carbocycles. The Bertz CT molecular complexity index is 1320. The van der Waals surface area contributed by atoms with E-state index >= 15 is 0 Å². The third-order valence-corrected chi connectivity index (χ3v) is 4.72. The predicted molar refractivity (Wildman–Crippen MR) is 114 cm³/mol. The lowest BCUT2D eigenvalue weighted by molar-refractivity contribution is -0.153. The van der Waals surface area contributed by atoms with Crippen LogP contribution in [0.3, 0.4) is 0 Å². The predicted octanol–water partition coefficient (Wildman–Crippen LogP) is 5.27. The normalized spacial score (nSPS) is 11.9. The number of aryl methyl sites for hydroxylation is 1. The van der Waals surface area contributed by atoms with E-state index in [1.165, 1.54) is 12.1 Å². The number of ether oxygens (including phenoxy) is 1. The summed E-state index contributed by atoms with van der Waals surface area (Å²) >= 11 is 0. The zero-order valence-corrected chi connectivity index (χ0v) is 17.3. The molecule has 0 atom stereocenters. The number of halogens is 1. The van der Waals surface area contributed by atoms with Crippen LogP contribution in [0.15, 0.2) is 51.7 Å². The molecule has 0 aliphatic rings. The number of hydrogen-bond acceptors (Lipinski definition) is 4. The standard InChI is InChI=1S/C24H22FNO4/c1-13-5-10-18-16(11-13)22(28)20-21(14-6-8-15(25)9-7-14)26-17(23(20)29-18)12-19(27)30-24(2,3)4/h5-11,26H,12H2,1-4H3. The third kappa shape index (κ3) is 3.73. The number of fused-ring (bicyclic) bond motifs is 2. The molecule has 4 aromatic rings. The number of nitrogens with one attached hydrogen (secondary N) is 1. The van der Waals surface area contributed by atoms with Gasteiger partial charge in [-0.05, 0) is 69.7 Å². The van der Waals surface area contributed by atoms with Crippen LogP contribution in [0.25, 0.3) is 33.2 Å². The van der Waals surface area contributed by atoms with Crippen LogP contribution in [0.4, 0.5) is 4.39 Å². The fourth-order valence-corrected chi connectivity index (χ4v) is 3.50. The molecular formula is C24H22FNO4. The summed E-state index contributed by atoms with van der Waals surface area (Å²) in [6.45, 7) is 7.27. The van der Waals surface area contributed by atoms with Crippen molar-refractivity contribution >= 4 is 27.9 Å². The van der Waals surface area contributed by atoms with Gasteiger partial charge in [0.25, 0.3) is 0 Å². The van der Waals surface area contributed by atoms with Crippen molar-refractivity contribution in [2.24, 2.45) is 0 Å². The Morgan fingerprint density at radius 1 is 1.13 bits per heavy atom. The number of carbonyl (C=O) groups excluding carboxylic acids is 1. The van der Waals surface area contributed by atoms with Crippen LogP contribution in [-0.2, 0) is 16.0 Å². The van der Waals surface area contributed by atoms with Crippen molar-refractivity contribution in [2.45, 2.75) is 39.7 Å². The highest BCUT2D eigenvalue weighted by Gasteiger charge is 2.23. The van der Waals surface area contributed by atoms with Gasteiger partial charge in [0.05, 0.1) is 28.6 Å². The first-order valence-electron chi connectivity index (χ1n) is 9.68. The minimum absolute atomic E-state index is 0.0880. The largest absolute Gasteiger partial charge is 0.460 e. The molecule has 0 amide bonds. The van der Waals surface area contributed by atoms with Gasteiger partial charge in [-0.3, -0.25) is 9.59 Å². The highest BCUT2D eigenvalue weighted by molar-refractivity contribution is 6.00. The second-order valence-corrected chi connectivity index (χ2v) is 8.38. The molecule has 0 saturated heterocycles. The number of aromatic nitrogens is 1. The summed E-state index contributed by atoms with van der Waals surface area (Å²) in [5.41, 5.74) is 2.39. The SMILES string of the molecule is Cc1ccc2oc3c(CC(=O)OC(C)(C)C)[nH]c(-c4ccc(F)cc4)c3c(=O)c2c1. The molecule has 5 nitrogen and oxygen atoms in total. The number of esters is 1. The topological polar surface area (TPSA) is 72.3 Å². The van der Waals surface area contributed by atoms with Crippen molar-refractivity contribution in [3.63, 3.8) is 0 Å². The van der Waals surface area contributed by atoms with E-state index < -0.39 is 11.6 Å². The number of aromatic amines is 1. The van der Waals surface area contributed by atoms with E-state index in [9.17, 15) is 14.0 Å². The van der Waals surface area contributed by atoms with Crippen LogP contribution in [-0.4, -0.2) is 16.6 Å². The van der Waals surface area contributed by atoms with E-state index in [2.05, 4.69) is 4.98 Å². The Morgan fingerprint density at radius 2 is 1.83 bits per heavy atom. The first kappa shape index (κ1) is 19.9. The Kier molecular flexibility index (Phi) is 4.73. The van der Waals surface area contributed by atoms with Crippen molar-refractivity contribution in [3.8, 4) is 11.3 Å². The molecule has 1 N–H and O–H groups in total. The van der Waals surface area contributed by atoms with Crippen molar-refractivity contribution in [3.05, 3.63) is 69.8 Å². The van der Waals surface area contributed by atoms with Crippen LogP contribution in [0.1, 0.15) is 32.0 Å². The zero-order chi connectivity index (χ0) is 21.6. The number of rotatable bonds is 3. The molecule has 0 spiro atoms. The van der Waals surface area contributed by atoms with E-state index in [1.807, 2.05) is 13.0 Å². The summed E-state index contributed by atoms with van der Waals surface area (Å²) in [6, 6.07) is 11.2. The lowest BCUT2D eigenvalue weighted by Gasteiger charge is -2.19. The quantitative estimate of drug-likeness (QED) is 0.470. The zero-order valence-electron chi connectivity index (χ0n) is 17.3. The van der Waals surface area contributed by atoms with E-state index in [-0.39, 0.29) is 17.7 Å². The molecule has 0 bridgehead atoms. The van der Waals surface area contributed by atoms with Crippen molar-refractivity contribution < 1.29 is 18.3 Å². The molecule has 154 valence electrons. The van der Waals surface area contributed by atoms with Gasteiger partial charge >= 0.3 is 5.97 Å². The fraction of sp³-hybridized carbons (Fsp3) is 0.250. The van der Waals surface area contributed by atoms with E-state index in [0.29, 0.717) is 38.9 Å². The van der Waals surface area contributed by atoms with Gasteiger partial charge in [-0.1, -0.05) is 11.6 Å². The van der Waals surface area contributed by atoms with Crippen molar-refractivity contribution in [1.29, 1.82) is 0 Å². The molecule has 0 aliphatic heterocycles. The van der Waals surface area contributed by atoms with Crippen LogP contribution < -0.4 is 5.43 Å². The number of hydrogen-bond donors (Lipinski definition) is 1. The molecule has 2 aromatic heterocycles. The maximum absolute atomic E-state index is 13.4. The maximum Gasteiger partial charge on any atom is 0.312 e. The smallest absolute Gasteiger partial charge is 0.312 e. The average Bonchev–Trinajstić information content (AvgIpc) is 3.00. The Morgan fingerprint density at radius 3 is 2.50 bits per heavy atom. The molecule has 0 saturated carbocycles. The van der Waals surface area contributed by atoms with Crippen LogP contribution in [0.2, 0.25) is 0 Å². The minimum atomic E-state index is -0.635. The second-order valence-electron chi connectivity index (χ2n) is 8.38. The monoisotopic (exact) mass is 407 g/mol. The van der Waals surface area contributed by atoms with Gasteiger partial charge in [0, 0.05) is 0 Å². The fourth-order valence-electron chi connectivity index (χ4n) is 3.50. The third-order valence-electron chi connectivity index (χ3n) is 4.72. The van der Waals surface area contributed by atoms with Gasteiger partial charge in [-0.15, -0.1) is 0 Å². The van der Waals surface area contributed by atoms with Crippen LogP contribution in [0.5, 0.6) is 0 Å². The van der Waals surface area contributed by atoms with E-state index in [1.54, 1.807) is 45.0 Å². The molecule has 2 aromatic carbocycles. The van der Waals surface area contributed by atoms with Gasteiger partial charge in [-0.2, -0.15) is 0 Å². The molecule has 0 radical (unpaired) electrons. The summed E-state index contributed by atoms with van der Waals surface area (Å²) in [6.07, 6.45) is -0.0880. The Balaban J connectivity index is 1.97. The van der Waals surface area contributed by atoms with Crippen LogP contribution >= 0.6 is 0 Å². The summed E-state index contributed by atoms with van der Waals surface area (Å²) in [5, 5.41) is 0.784. The van der Waals surface area contributed by atoms with Gasteiger partial charge in [0.15, 0.2) is 5.58 Å². The molecule has 4 rings (SSSR count). The number of H-pyrrole nitrogens is 1. The maximum atomic E-state index is 13.4. The first-order valence-corrected chi connectivity index (χ1v) is 9.68. The molecule has 30 heavy (non-hydrogen) atoms. The van der Waals surface area contributed by atoms with Crippen molar-refractivity contribution in [2.75, 3.05) is 0 Å². The number of carbonyl (C=O) groups is 1. The molecule has 0 fully saturated rings. The molecular weight excluding hydrogens is 385 g/mol. The van der Waals surface area contributed by atoms with Gasteiger partial charge in [0.1, 0.15) is 17.0 Å². The van der Waals surface area contributed by atoms with Gasteiger partial charge < -0.3 is 14.1 Å². The summed E-state index contributed by atoms with van der Waals surface area (Å²) in [5.74, 6) is -0.820. The number of benzene rings is 2.